The van der Waals surface area contributed by atoms with Crippen LogP contribution in [0, 0.1) is 0 Å². The molecule has 0 bridgehead atoms. The zero-order chi connectivity index (χ0) is 37.5. The van der Waals surface area contributed by atoms with Gasteiger partial charge in [-0.3, -0.25) is 0 Å². The summed E-state index contributed by atoms with van der Waals surface area (Å²) >= 11 is 1.82. The Balaban J connectivity index is 1.09. The van der Waals surface area contributed by atoms with Crippen LogP contribution in [-0.4, -0.2) is 4.98 Å². The molecule has 12 rings (SSSR count). The van der Waals surface area contributed by atoms with Gasteiger partial charge in [0.05, 0.1) is 15.9 Å². The van der Waals surface area contributed by atoms with Crippen LogP contribution < -0.4 is 4.90 Å². The predicted octanol–water partition coefficient (Wildman–Crippen LogP) is 15.5. The maximum Gasteiger partial charge on any atom is 0.135 e. The van der Waals surface area contributed by atoms with Crippen molar-refractivity contribution >= 4 is 104 Å². The number of aryl methyl sites for hydroxylation is 1. The quantitative estimate of drug-likeness (QED) is 0.164. The van der Waals surface area contributed by atoms with E-state index in [4.69, 9.17) is 9.40 Å². The number of fused-ring (bicyclic) bond motifs is 12. The Bertz CT molecular complexity index is 3360. The average molecular weight is 749 g/mol. The van der Waals surface area contributed by atoms with Crippen molar-refractivity contribution in [2.45, 2.75) is 25.7 Å². The molecule has 270 valence electrons. The van der Waals surface area contributed by atoms with Crippen LogP contribution in [0.5, 0.6) is 0 Å². The molecule has 57 heavy (non-hydrogen) atoms. The van der Waals surface area contributed by atoms with E-state index in [-0.39, 0.29) is 0 Å². The molecule has 0 radical (unpaired) electrons. The molecule has 0 spiro atoms. The summed E-state index contributed by atoms with van der Waals surface area (Å²) in [5.74, 6) is 1.08. The molecule has 2 aromatic heterocycles. The number of aromatic nitrogens is 1. The number of rotatable bonds is 5. The molecule has 0 N–H and O–H groups in total. The van der Waals surface area contributed by atoms with Crippen LogP contribution in [-0.2, 0) is 6.42 Å². The Kier molecular flexibility index (Phi) is 7.36. The number of furan rings is 1. The first-order chi connectivity index (χ1) is 28.2. The van der Waals surface area contributed by atoms with Crippen molar-refractivity contribution < 1.29 is 4.42 Å². The zero-order valence-corrected chi connectivity index (χ0v) is 32.0. The average Bonchev–Trinajstić information content (AvgIpc) is 3.90. The fourth-order valence-electron chi connectivity index (χ4n) is 9.19. The molecular formula is C53H36N2OS. The van der Waals surface area contributed by atoms with Crippen LogP contribution in [0.25, 0.3) is 87.1 Å². The largest absolute Gasteiger partial charge is 0.460 e. The van der Waals surface area contributed by atoms with Gasteiger partial charge in [0.15, 0.2) is 0 Å². The summed E-state index contributed by atoms with van der Waals surface area (Å²) in [5.41, 5.74) is 10.2. The number of benzene rings is 8. The molecular weight excluding hydrogens is 713 g/mol. The van der Waals surface area contributed by atoms with E-state index in [0.29, 0.717) is 0 Å². The van der Waals surface area contributed by atoms with Crippen LogP contribution in [0.15, 0.2) is 168 Å². The summed E-state index contributed by atoms with van der Waals surface area (Å²) in [6.45, 7) is 0. The minimum atomic E-state index is 0.938. The van der Waals surface area contributed by atoms with Gasteiger partial charge in [-0.15, -0.1) is 11.3 Å². The molecule has 2 aliphatic rings. The second-order valence-electron chi connectivity index (χ2n) is 15.3. The van der Waals surface area contributed by atoms with E-state index in [0.717, 1.165) is 70.0 Å². The van der Waals surface area contributed by atoms with Gasteiger partial charge in [0.2, 0.25) is 0 Å². The van der Waals surface area contributed by atoms with Gasteiger partial charge in [0, 0.05) is 50.5 Å². The first kappa shape index (κ1) is 32.5. The van der Waals surface area contributed by atoms with Gasteiger partial charge < -0.3 is 9.32 Å². The fourth-order valence-corrected chi connectivity index (χ4v) is 10.3. The van der Waals surface area contributed by atoms with E-state index in [1.165, 1.54) is 70.1 Å². The number of nitrogens with zero attached hydrogens (tertiary/aromatic N) is 2. The zero-order valence-electron chi connectivity index (χ0n) is 31.2. The van der Waals surface area contributed by atoms with Gasteiger partial charge in [-0.2, -0.15) is 0 Å². The Morgan fingerprint density at radius 1 is 0.561 bits per heavy atom. The van der Waals surface area contributed by atoms with E-state index in [1.807, 2.05) is 11.3 Å². The number of allylic oxidation sites excluding steroid dienone is 5. The van der Waals surface area contributed by atoms with E-state index < -0.39 is 0 Å². The second kappa shape index (κ2) is 12.9. The Labute approximate surface area is 334 Å². The third-order valence-electron chi connectivity index (χ3n) is 11.9. The number of thiazole rings is 1. The highest BCUT2D eigenvalue weighted by Gasteiger charge is 2.22. The summed E-state index contributed by atoms with van der Waals surface area (Å²) in [7, 11) is 0. The lowest BCUT2D eigenvalue weighted by atomic mass is 9.92. The van der Waals surface area contributed by atoms with Crippen LogP contribution in [0.2, 0.25) is 0 Å². The van der Waals surface area contributed by atoms with Gasteiger partial charge in [-0.05, 0) is 106 Å². The van der Waals surface area contributed by atoms with Crippen molar-refractivity contribution in [1.29, 1.82) is 0 Å². The fraction of sp³-hybridized carbons (Fsp3) is 0.0755. The molecule has 2 aliphatic carbocycles. The molecule has 4 heteroatoms. The number of para-hydroxylation sites is 1. The molecule has 8 aromatic carbocycles. The molecule has 2 heterocycles. The minimum absolute atomic E-state index is 0.938. The van der Waals surface area contributed by atoms with E-state index in [1.54, 1.807) is 0 Å². The van der Waals surface area contributed by atoms with Crippen molar-refractivity contribution in [3.8, 4) is 11.1 Å². The van der Waals surface area contributed by atoms with Crippen molar-refractivity contribution in [3.05, 3.63) is 180 Å². The van der Waals surface area contributed by atoms with Gasteiger partial charge in [0.1, 0.15) is 16.4 Å². The summed E-state index contributed by atoms with van der Waals surface area (Å²) in [4.78, 5) is 7.70. The van der Waals surface area contributed by atoms with Crippen molar-refractivity contribution in [1.82, 2.24) is 4.98 Å². The van der Waals surface area contributed by atoms with Gasteiger partial charge >= 0.3 is 0 Å². The molecule has 10 aromatic rings. The Morgan fingerprint density at radius 2 is 1.39 bits per heavy atom. The normalized spacial score (nSPS) is 14.0. The number of hydrogen-bond donors (Lipinski definition) is 0. The lowest BCUT2D eigenvalue weighted by Crippen LogP contribution is -2.10. The molecule has 0 unspecified atom stereocenters. The van der Waals surface area contributed by atoms with Gasteiger partial charge in [-0.1, -0.05) is 121 Å². The lowest BCUT2D eigenvalue weighted by molar-refractivity contribution is 0.546. The highest BCUT2D eigenvalue weighted by atomic mass is 32.1. The third-order valence-corrected chi connectivity index (χ3v) is 13.0. The second-order valence-corrected chi connectivity index (χ2v) is 16.3. The van der Waals surface area contributed by atoms with Crippen LogP contribution in [0.4, 0.5) is 17.1 Å². The maximum absolute atomic E-state index is 6.35. The van der Waals surface area contributed by atoms with Crippen molar-refractivity contribution in [2.24, 2.45) is 0 Å². The standard InChI is InChI=1S/C53H36N2OS/c1-3-13-34(14-4-1)53-54-51-43-21-10-9-20-42(43)50-44(52(51)57-53)27-25-33-23-24-35(30-45(33)50)37-29-36-15-7-8-18-40(36)47(31-37)55(38-16-5-2-6-17-38)39-26-28-49-46(32-39)41-19-11-12-22-48(41)56-49/h2-3,5-11,13-21,23-32H,1,4,12,22H2. The van der Waals surface area contributed by atoms with E-state index >= 15 is 0 Å². The first-order valence-electron chi connectivity index (χ1n) is 19.9. The molecule has 0 saturated carbocycles. The van der Waals surface area contributed by atoms with Crippen molar-refractivity contribution in [2.75, 3.05) is 4.90 Å². The maximum atomic E-state index is 6.35. The van der Waals surface area contributed by atoms with Crippen LogP contribution >= 0.6 is 11.3 Å². The Hall–Kier alpha value is -6.75. The summed E-state index contributed by atoms with van der Waals surface area (Å²) in [6.07, 6.45) is 15.4. The molecule has 0 fully saturated rings. The molecule has 0 aliphatic heterocycles. The number of hydrogen-bond acceptors (Lipinski definition) is 4. The van der Waals surface area contributed by atoms with Crippen LogP contribution in [0.1, 0.15) is 35.6 Å². The highest BCUT2D eigenvalue weighted by Crippen LogP contribution is 2.46. The Morgan fingerprint density at radius 3 is 2.28 bits per heavy atom. The van der Waals surface area contributed by atoms with Crippen molar-refractivity contribution in [3.63, 3.8) is 0 Å². The molecule has 3 nitrogen and oxygen atoms in total. The molecule has 0 saturated heterocycles. The lowest BCUT2D eigenvalue weighted by Gasteiger charge is -2.27. The topological polar surface area (TPSA) is 29.3 Å². The van der Waals surface area contributed by atoms with Crippen LogP contribution in [0.3, 0.4) is 0 Å². The number of anilines is 3. The monoisotopic (exact) mass is 748 g/mol. The smallest absolute Gasteiger partial charge is 0.135 e. The van der Waals surface area contributed by atoms with E-state index in [9.17, 15) is 0 Å². The SMILES string of the molecule is C1=CC(c2nc3c4ccccc4c4c5cc(-c6cc(N(c7ccccc7)c7ccc8oc9c(c8c7)C=CCC9)c7ccccc7c6)ccc5ccc4c3s2)=CCC1. The minimum Gasteiger partial charge on any atom is -0.460 e. The summed E-state index contributed by atoms with van der Waals surface area (Å²) < 4.78 is 7.60. The molecule has 0 atom stereocenters. The van der Waals surface area contributed by atoms with Gasteiger partial charge in [-0.25, -0.2) is 4.98 Å². The summed E-state index contributed by atoms with van der Waals surface area (Å²) in [6, 6.07) is 51.4. The third kappa shape index (κ3) is 5.21. The van der Waals surface area contributed by atoms with Gasteiger partial charge in [0.25, 0.3) is 0 Å². The highest BCUT2D eigenvalue weighted by molar-refractivity contribution is 7.20. The predicted molar refractivity (Wildman–Crippen MR) is 243 cm³/mol. The molecule has 0 amide bonds. The van der Waals surface area contributed by atoms with E-state index in [2.05, 4.69) is 175 Å². The first-order valence-corrected chi connectivity index (χ1v) is 20.7. The summed E-state index contributed by atoms with van der Waals surface area (Å²) in [5, 5.41) is 12.1.